The van der Waals surface area contributed by atoms with Crippen molar-refractivity contribution in [2.24, 2.45) is 0 Å². The van der Waals surface area contributed by atoms with Crippen molar-refractivity contribution in [1.29, 1.82) is 0 Å². The van der Waals surface area contributed by atoms with Crippen LogP contribution in [0.3, 0.4) is 0 Å². The summed E-state index contributed by atoms with van der Waals surface area (Å²) < 4.78 is 0. The standard InChI is InChI=1S/C7H11Cl/c1-6-2-4-7(8)5-3-6/h2,7H,3-5H2,1H3/t7-/m0/s1. The quantitative estimate of drug-likeness (QED) is 0.350. The van der Waals surface area contributed by atoms with Gasteiger partial charge in [0, 0.05) is 5.38 Å². The van der Waals surface area contributed by atoms with Crippen LogP contribution < -0.4 is 0 Å². The zero-order valence-corrected chi connectivity index (χ0v) is 5.91. The summed E-state index contributed by atoms with van der Waals surface area (Å²) in [6.45, 7) is 2.17. The Labute approximate surface area is 55.5 Å². The average molecular weight is 131 g/mol. The molecule has 0 aromatic heterocycles. The van der Waals surface area contributed by atoms with Crippen LogP contribution in [0.25, 0.3) is 0 Å². The molecule has 0 aromatic rings. The van der Waals surface area contributed by atoms with E-state index in [1.165, 1.54) is 18.4 Å². The molecule has 0 fully saturated rings. The number of hydrogen-bond acceptors (Lipinski definition) is 0. The van der Waals surface area contributed by atoms with E-state index < -0.39 is 0 Å². The summed E-state index contributed by atoms with van der Waals surface area (Å²) in [5.74, 6) is 0. The molecule has 0 unspecified atom stereocenters. The molecule has 46 valence electrons. The fourth-order valence-electron chi connectivity index (χ4n) is 0.933. The first-order valence-corrected chi connectivity index (χ1v) is 3.52. The van der Waals surface area contributed by atoms with E-state index in [0.29, 0.717) is 5.38 Å². The Bertz CT molecular complexity index is 105. The van der Waals surface area contributed by atoms with Crippen LogP contribution >= 0.6 is 11.6 Å². The van der Waals surface area contributed by atoms with Gasteiger partial charge in [0.05, 0.1) is 0 Å². The number of alkyl halides is 1. The van der Waals surface area contributed by atoms with Crippen LogP contribution in [0.4, 0.5) is 0 Å². The highest BCUT2D eigenvalue weighted by molar-refractivity contribution is 6.20. The van der Waals surface area contributed by atoms with E-state index in [1.807, 2.05) is 0 Å². The number of halogens is 1. The predicted octanol–water partition coefficient (Wildman–Crippen LogP) is 2.72. The van der Waals surface area contributed by atoms with Crippen LogP contribution in [0.15, 0.2) is 11.6 Å². The average Bonchev–Trinajstić information content (AvgIpc) is 1.77. The van der Waals surface area contributed by atoms with Crippen LogP contribution in [0, 0.1) is 0 Å². The fraction of sp³-hybridized carbons (Fsp3) is 0.714. The molecule has 0 bridgehead atoms. The molecule has 0 nitrogen and oxygen atoms in total. The Morgan fingerprint density at radius 2 is 2.50 bits per heavy atom. The highest BCUT2D eigenvalue weighted by Crippen LogP contribution is 2.20. The molecule has 0 saturated carbocycles. The molecule has 0 radical (unpaired) electrons. The van der Waals surface area contributed by atoms with Gasteiger partial charge in [0.15, 0.2) is 0 Å². The maximum atomic E-state index is 5.84. The SMILES string of the molecule is CC1=CC[C@H](Cl)CC1. The zero-order valence-electron chi connectivity index (χ0n) is 5.15. The summed E-state index contributed by atoms with van der Waals surface area (Å²) >= 11 is 5.84. The lowest BCUT2D eigenvalue weighted by Crippen LogP contribution is -2.01. The van der Waals surface area contributed by atoms with Crippen molar-refractivity contribution < 1.29 is 0 Å². The second kappa shape index (κ2) is 2.54. The molecule has 0 aromatic carbocycles. The third-order valence-electron chi connectivity index (χ3n) is 1.57. The van der Waals surface area contributed by atoms with Crippen molar-refractivity contribution in [3.63, 3.8) is 0 Å². The first-order valence-electron chi connectivity index (χ1n) is 3.09. The van der Waals surface area contributed by atoms with Gasteiger partial charge in [-0.3, -0.25) is 0 Å². The van der Waals surface area contributed by atoms with Gasteiger partial charge in [-0.1, -0.05) is 11.6 Å². The van der Waals surface area contributed by atoms with Gasteiger partial charge in [-0.15, -0.1) is 11.6 Å². The summed E-state index contributed by atoms with van der Waals surface area (Å²) in [7, 11) is 0. The summed E-state index contributed by atoms with van der Waals surface area (Å²) in [5.41, 5.74) is 1.50. The zero-order chi connectivity index (χ0) is 5.98. The van der Waals surface area contributed by atoms with E-state index in [2.05, 4.69) is 13.0 Å². The van der Waals surface area contributed by atoms with Crippen LogP contribution in [0.2, 0.25) is 0 Å². The normalized spacial score (nSPS) is 29.8. The molecule has 0 N–H and O–H groups in total. The Kier molecular flexibility index (Phi) is 1.95. The van der Waals surface area contributed by atoms with Crippen molar-refractivity contribution in [3.8, 4) is 0 Å². The first-order chi connectivity index (χ1) is 3.79. The molecular weight excluding hydrogens is 120 g/mol. The molecule has 0 heterocycles. The van der Waals surface area contributed by atoms with Crippen molar-refractivity contribution in [1.82, 2.24) is 0 Å². The van der Waals surface area contributed by atoms with Gasteiger partial charge in [0.25, 0.3) is 0 Å². The Morgan fingerprint density at radius 1 is 1.75 bits per heavy atom. The third kappa shape index (κ3) is 1.52. The maximum Gasteiger partial charge on any atom is 0.0373 e. The lowest BCUT2D eigenvalue weighted by molar-refractivity contribution is 0.710. The van der Waals surface area contributed by atoms with Gasteiger partial charge in [0.1, 0.15) is 0 Å². The van der Waals surface area contributed by atoms with Gasteiger partial charge >= 0.3 is 0 Å². The van der Waals surface area contributed by atoms with Gasteiger partial charge in [-0.25, -0.2) is 0 Å². The second-order valence-corrected chi connectivity index (χ2v) is 3.04. The van der Waals surface area contributed by atoms with Crippen molar-refractivity contribution in [3.05, 3.63) is 11.6 Å². The minimum atomic E-state index is 0.415. The molecule has 1 aliphatic rings. The molecule has 1 rings (SSSR count). The summed E-state index contributed by atoms with van der Waals surface area (Å²) in [5, 5.41) is 0.415. The van der Waals surface area contributed by atoms with E-state index in [9.17, 15) is 0 Å². The monoisotopic (exact) mass is 130 g/mol. The van der Waals surface area contributed by atoms with Crippen molar-refractivity contribution in [2.45, 2.75) is 31.6 Å². The van der Waals surface area contributed by atoms with Gasteiger partial charge in [-0.05, 0) is 26.2 Å². The highest BCUT2D eigenvalue weighted by atomic mass is 35.5. The molecule has 0 spiro atoms. The third-order valence-corrected chi connectivity index (χ3v) is 1.97. The molecule has 1 heteroatoms. The molecule has 0 saturated heterocycles. The minimum Gasteiger partial charge on any atom is -0.123 e. The van der Waals surface area contributed by atoms with Crippen LogP contribution in [-0.4, -0.2) is 5.38 Å². The number of hydrogen-bond donors (Lipinski definition) is 0. The van der Waals surface area contributed by atoms with Crippen LogP contribution in [0.1, 0.15) is 26.2 Å². The predicted molar refractivity (Wildman–Crippen MR) is 37.2 cm³/mol. The molecular formula is C7H11Cl. The van der Waals surface area contributed by atoms with Crippen LogP contribution in [0.5, 0.6) is 0 Å². The molecule has 8 heavy (non-hydrogen) atoms. The van der Waals surface area contributed by atoms with Gasteiger partial charge in [-0.2, -0.15) is 0 Å². The van der Waals surface area contributed by atoms with Crippen molar-refractivity contribution in [2.75, 3.05) is 0 Å². The van der Waals surface area contributed by atoms with Gasteiger partial charge in [0.2, 0.25) is 0 Å². The summed E-state index contributed by atoms with van der Waals surface area (Å²) in [4.78, 5) is 0. The van der Waals surface area contributed by atoms with E-state index in [1.54, 1.807) is 0 Å². The maximum absolute atomic E-state index is 5.84. The Morgan fingerprint density at radius 3 is 2.88 bits per heavy atom. The number of rotatable bonds is 0. The Balaban J connectivity index is 2.42. The van der Waals surface area contributed by atoms with E-state index in [0.717, 1.165) is 6.42 Å². The summed E-state index contributed by atoms with van der Waals surface area (Å²) in [6.07, 6.45) is 5.69. The van der Waals surface area contributed by atoms with Crippen molar-refractivity contribution >= 4 is 11.6 Å². The smallest absolute Gasteiger partial charge is 0.0373 e. The molecule has 0 aliphatic heterocycles. The van der Waals surface area contributed by atoms with E-state index >= 15 is 0 Å². The second-order valence-electron chi connectivity index (χ2n) is 2.42. The topological polar surface area (TPSA) is 0 Å². The molecule has 1 aliphatic carbocycles. The Hall–Kier alpha value is 0.0300. The highest BCUT2D eigenvalue weighted by Gasteiger charge is 2.07. The van der Waals surface area contributed by atoms with E-state index in [-0.39, 0.29) is 0 Å². The molecule has 0 amide bonds. The summed E-state index contributed by atoms with van der Waals surface area (Å²) in [6, 6.07) is 0. The number of allylic oxidation sites excluding steroid dienone is 2. The largest absolute Gasteiger partial charge is 0.123 e. The fourth-order valence-corrected chi connectivity index (χ4v) is 1.13. The first kappa shape index (κ1) is 6.15. The van der Waals surface area contributed by atoms with Gasteiger partial charge < -0.3 is 0 Å². The minimum absolute atomic E-state index is 0.415. The van der Waals surface area contributed by atoms with E-state index in [4.69, 9.17) is 11.6 Å². The van der Waals surface area contributed by atoms with Crippen LogP contribution in [-0.2, 0) is 0 Å². The molecule has 1 atom stereocenters. The lowest BCUT2D eigenvalue weighted by atomic mass is 10.0. The lowest BCUT2D eigenvalue weighted by Gasteiger charge is -2.12.